The normalized spacial score (nSPS) is 16.0. The molecule has 1 unspecified atom stereocenters. The van der Waals surface area contributed by atoms with Gasteiger partial charge in [-0.25, -0.2) is 0 Å². The molecule has 1 aromatic carbocycles. The number of hydrogen-bond donors (Lipinski definition) is 3. The van der Waals surface area contributed by atoms with Gasteiger partial charge in [0.25, 0.3) is 0 Å². The van der Waals surface area contributed by atoms with E-state index in [-0.39, 0.29) is 30.1 Å². The van der Waals surface area contributed by atoms with Crippen molar-refractivity contribution in [3.8, 4) is 5.75 Å². The second-order valence-electron chi connectivity index (χ2n) is 7.82. The van der Waals surface area contributed by atoms with Crippen LogP contribution in [-0.2, 0) is 0 Å². The van der Waals surface area contributed by atoms with Gasteiger partial charge in [-0.3, -0.25) is 4.99 Å². The van der Waals surface area contributed by atoms with Crippen molar-refractivity contribution >= 4 is 29.9 Å². The van der Waals surface area contributed by atoms with Crippen LogP contribution in [0.4, 0.5) is 0 Å². The highest BCUT2D eigenvalue weighted by atomic mass is 127. The Kier molecular flexibility index (Phi) is 12.6. The van der Waals surface area contributed by atoms with E-state index in [0.29, 0.717) is 6.54 Å². The fraction of sp³-hybridized carbons (Fsp3) is 0.682. The summed E-state index contributed by atoms with van der Waals surface area (Å²) in [5.41, 5.74) is 0.818. The first-order valence-electron chi connectivity index (χ1n) is 10.7. The molecule has 0 heterocycles. The monoisotopic (exact) mass is 518 g/mol. The third-order valence-corrected chi connectivity index (χ3v) is 5.09. The van der Waals surface area contributed by atoms with Gasteiger partial charge in [0.1, 0.15) is 5.75 Å². The van der Waals surface area contributed by atoms with Gasteiger partial charge in [-0.1, -0.05) is 25.0 Å². The molecular formula is C22H39IN4O2. The van der Waals surface area contributed by atoms with Crippen molar-refractivity contribution in [3.05, 3.63) is 29.8 Å². The molecule has 0 aliphatic heterocycles. The Hall–Kier alpha value is -1.06. The molecule has 7 heteroatoms. The van der Waals surface area contributed by atoms with Crippen LogP contribution in [0.2, 0.25) is 0 Å². The third kappa shape index (κ3) is 9.53. The minimum absolute atomic E-state index is 0. The minimum Gasteiger partial charge on any atom is -0.491 e. The average Bonchev–Trinajstić information content (AvgIpc) is 3.20. The van der Waals surface area contributed by atoms with Gasteiger partial charge in [-0.2, -0.15) is 0 Å². The van der Waals surface area contributed by atoms with Gasteiger partial charge >= 0.3 is 0 Å². The van der Waals surface area contributed by atoms with E-state index in [2.05, 4.69) is 27.6 Å². The summed E-state index contributed by atoms with van der Waals surface area (Å²) in [6.45, 7) is 8.96. The van der Waals surface area contributed by atoms with Crippen molar-refractivity contribution in [2.75, 3.05) is 33.2 Å². The lowest BCUT2D eigenvalue weighted by atomic mass is 10.1. The van der Waals surface area contributed by atoms with Gasteiger partial charge in [-0.05, 0) is 58.4 Å². The maximum atomic E-state index is 10.5. The molecule has 0 bridgehead atoms. The zero-order chi connectivity index (χ0) is 20.4. The molecule has 0 saturated heterocycles. The fourth-order valence-corrected chi connectivity index (χ4v) is 3.57. The number of nitrogens with one attached hydrogen (secondary N) is 2. The molecule has 1 fully saturated rings. The van der Waals surface area contributed by atoms with E-state index in [1.807, 2.05) is 45.0 Å². The smallest absolute Gasteiger partial charge is 0.191 e. The number of guanidine groups is 1. The summed E-state index contributed by atoms with van der Waals surface area (Å²) in [6, 6.07) is 8.33. The first kappa shape index (κ1) is 26.0. The van der Waals surface area contributed by atoms with Crippen LogP contribution in [0, 0.1) is 0 Å². The van der Waals surface area contributed by atoms with E-state index in [0.717, 1.165) is 42.9 Å². The van der Waals surface area contributed by atoms with Crippen molar-refractivity contribution in [3.63, 3.8) is 0 Å². The molecule has 6 nitrogen and oxygen atoms in total. The standard InChI is InChI=1S/C22H38N4O2.HI/c1-5-23-22(24-13-14-26(4)19-10-6-7-11-19)25-16-21(27)18-9-8-12-20(15-18)28-17(2)3;/h8-9,12,15,17,19,21,27H,5-7,10-11,13-14,16H2,1-4H3,(H2,23,24,25);1H. The SMILES string of the molecule is CCNC(=NCC(O)c1cccc(OC(C)C)c1)NCCN(C)C1CCCC1.I. The van der Waals surface area contributed by atoms with Crippen molar-refractivity contribution in [1.29, 1.82) is 0 Å². The predicted molar refractivity (Wildman–Crippen MR) is 131 cm³/mol. The van der Waals surface area contributed by atoms with E-state index >= 15 is 0 Å². The Bertz CT molecular complexity index is 606. The molecule has 166 valence electrons. The number of nitrogens with zero attached hydrogens (tertiary/aromatic N) is 2. The largest absolute Gasteiger partial charge is 0.491 e. The van der Waals surface area contributed by atoms with E-state index in [1.54, 1.807) is 0 Å². The lowest BCUT2D eigenvalue weighted by Crippen LogP contribution is -2.42. The molecule has 1 aromatic rings. The number of hydrogen-bond acceptors (Lipinski definition) is 4. The van der Waals surface area contributed by atoms with Gasteiger partial charge in [0.2, 0.25) is 0 Å². The van der Waals surface area contributed by atoms with Crippen LogP contribution in [0.3, 0.4) is 0 Å². The Labute approximate surface area is 193 Å². The summed E-state index contributed by atoms with van der Waals surface area (Å²) in [7, 11) is 2.21. The molecule has 1 saturated carbocycles. The third-order valence-electron chi connectivity index (χ3n) is 5.09. The Morgan fingerprint density at radius 2 is 2.00 bits per heavy atom. The quantitative estimate of drug-likeness (QED) is 0.251. The van der Waals surface area contributed by atoms with Crippen molar-refractivity contribution in [2.45, 2.75) is 64.7 Å². The van der Waals surface area contributed by atoms with Crippen molar-refractivity contribution < 1.29 is 9.84 Å². The van der Waals surface area contributed by atoms with Crippen LogP contribution in [-0.4, -0.2) is 61.3 Å². The highest BCUT2D eigenvalue weighted by molar-refractivity contribution is 14.0. The number of aliphatic hydroxyl groups excluding tert-OH is 1. The lowest BCUT2D eigenvalue weighted by molar-refractivity contribution is 0.185. The number of rotatable bonds is 10. The molecule has 1 atom stereocenters. The number of aliphatic imine (C=N–C) groups is 1. The first-order chi connectivity index (χ1) is 13.5. The Morgan fingerprint density at radius 3 is 2.66 bits per heavy atom. The van der Waals surface area contributed by atoms with E-state index in [4.69, 9.17) is 4.74 Å². The molecule has 3 N–H and O–H groups in total. The summed E-state index contributed by atoms with van der Waals surface area (Å²) < 4.78 is 5.71. The number of ether oxygens (including phenoxy) is 1. The zero-order valence-electron chi connectivity index (χ0n) is 18.4. The van der Waals surface area contributed by atoms with Crippen molar-refractivity contribution in [1.82, 2.24) is 15.5 Å². The maximum absolute atomic E-state index is 10.5. The highest BCUT2D eigenvalue weighted by Gasteiger charge is 2.18. The summed E-state index contributed by atoms with van der Waals surface area (Å²) in [4.78, 5) is 7.00. The number of benzene rings is 1. The lowest BCUT2D eigenvalue weighted by Gasteiger charge is -2.24. The number of likely N-dealkylation sites (N-methyl/N-ethyl adjacent to an activating group) is 1. The molecule has 0 aromatic heterocycles. The van der Waals surface area contributed by atoms with Crippen LogP contribution >= 0.6 is 24.0 Å². The predicted octanol–water partition coefficient (Wildman–Crippen LogP) is 3.55. The van der Waals surface area contributed by atoms with Crippen LogP contribution < -0.4 is 15.4 Å². The van der Waals surface area contributed by atoms with Crippen LogP contribution in [0.15, 0.2) is 29.3 Å². The van der Waals surface area contributed by atoms with E-state index in [9.17, 15) is 5.11 Å². The molecule has 0 spiro atoms. The first-order valence-corrected chi connectivity index (χ1v) is 10.7. The average molecular weight is 518 g/mol. The molecule has 1 aliphatic carbocycles. The van der Waals surface area contributed by atoms with Gasteiger partial charge in [0.05, 0.1) is 18.8 Å². The highest BCUT2D eigenvalue weighted by Crippen LogP contribution is 2.22. The molecule has 2 rings (SSSR count). The molecule has 29 heavy (non-hydrogen) atoms. The fourth-order valence-electron chi connectivity index (χ4n) is 3.57. The van der Waals surface area contributed by atoms with Gasteiger partial charge < -0.3 is 25.4 Å². The summed E-state index contributed by atoms with van der Waals surface area (Å²) >= 11 is 0. The minimum atomic E-state index is -0.660. The Balaban J connectivity index is 0.00000420. The van der Waals surface area contributed by atoms with Crippen LogP contribution in [0.25, 0.3) is 0 Å². The maximum Gasteiger partial charge on any atom is 0.191 e. The van der Waals surface area contributed by atoms with Gasteiger partial charge in [-0.15, -0.1) is 24.0 Å². The van der Waals surface area contributed by atoms with E-state index in [1.165, 1.54) is 25.7 Å². The second-order valence-corrected chi connectivity index (χ2v) is 7.82. The van der Waals surface area contributed by atoms with E-state index < -0.39 is 6.10 Å². The topological polar surface area (TPSA) is 69.1 Å². The van der Waals surface area contributed by atoms with Gasteiger partial charge in [0, 0.05) is 25.7 Å². The van der Waals surface area contributed by atoms with Crippen molar-refractivity contribution in [2.24, 2.45) is 4.99 Å². The summed E-state index contributed by atoms with van der Waals surface area (Å²) in [5, 5.41) is 17.2. The molecule has 0 amide bonds. The Morgan fingerprint density at radius 1 is 1.28 bits per heavy atom. The molecule has 0 radical (unpaired) electrons. The summed E-state index contributed by atoms with van der Waals surface area (Å²) in [6.07, 6.45) is 4.79. The van der Waals surface area contributed by atoms with Crippen LogP contribution in [0.5, 0.6) is 5.75 Å². The molecule has 1 aliphatic rings. The second kappa shape index (κ2) is 14.0. The van der Waals surface area contributed by atoms with Gasteiger partial charge in [0.15, 0.2) is 5.96 Å². The molecular weight excluding hydrogens is 479 g/mol. The summed E-state index contributed by atoms with van der Waals surface area (Å²) in [5.74, 6) is 1.52. The number of aliphatic hydroxyl groups is 1. The zero-order valence-corrected chi connectivity index (χ0v) is 20.7. The van der Waals surface area contributed by atoms with Crippen LogP contribution in [0.1, 0.15) is 58.1 Å². The number of halogens is 1.